The number of carboxylic acids is 1. The van der Waals surface area contributed by atoms with E-state index >= 15 is 0 Å². The first-order valence-electron chi connectivity index (χ1n) is 11.6. The number of hydrogen-bond donors (Lipinski definition) is 6. The molecule has 2 aromatic carbocycles. The molecule has 0 bridgehead atoms. The number of phenolic OH excluding ortho intramolecular Hbond substituents is 1. The summed E-state index contributed by atoms with van der Waals surface area (Å²) in [6, 6.07) is 5.59. The van der Waals surface area contributed by atoms with Crippen LogP contribution in [0.2, 0.25) is 0 Å². The number of benzene rings is 2. The molecule has 3 atom stereocenters. The van der Waals surface area contributed by atoms with Gasteiger partial charge >= 0.3 is 11.7 Å². The molecule has 1 fully saturated rings. The molecule has 1 aliphatic rings. The molecule has 0 spiro atoms. The number of para-hydroxylation sites is 1. The zero-order chi connectivity index (χ0) is 28.0. The Morgan fingerprint density at radius 3 is 2.47 bits per heavy atom. The zero-order valence-electron chi connectivity index (χ0n) is 20.1. The number of amides is 3. The maximum absolute atomic E-state index is 13.1. The number of aliphatic carboxylic acids is 1. The molecule has 14 heteroatoms. The Kier molecular flexibility index (Phi) is 8.81. The number of carboxylic acid groups (broad SMARTS) is 1. The molecule has 3 amide bonds. The Bertz CT molecular complexity index is 1250. The van der Waals surface area contributed by atoms with E-state index < -0.39 is 64.8 Å². The number of carbonyl (C=O) groups excluding carboxylic acids is 3. The van der Waals surface area contributed by atoms with E-state index in [-0.39, 0.29) is 36.2 Å². The van der Waals surface area contributed by atoms with Crippen molar-refractivity contribution in [2.45, 2.75) is 37.4 Å². The van der Waals surface area contributed by atoms with Gasteiger partial charge in [0.2, 0.25) is 11.8 Å². The zero-order valence-corrected chi connectivity index (χ0v) is 20.1. The first-order valence-corrected chi connectivity index (χ1v) is 11.6. The number of aliphatic hydroxyl groups excluding tert-OH is 1. The largest absolute Gasteiger partial charge is 0.502 e. The third-order valence-electron chi connectivity index (χ3n) is 6.12. The van der Waals surface area contributed by atoms with Crippen molar-refractivity contribution in [1.29, 1.82) is 0 Å². The number of nitrogens with zero attached hydrogens (tertiary/aromatic N) is 2. The van der Waals surface area contributed by atoms with Crippen LogP contribution in [0, 0.1) is 10.1 Å². The van der Waals surface area contributed by atoms with Crippen LogP contribution < -0.4 is 16.4 Å². The van der Waals surface area contributed by atoms with Gasteiger partial charge in [-0.15, -0.1) is 0 Å². The standard InChI is InChI=1S/C24H27N5O9/c25-15-5-2-1-4-14(15)21(32)27-17(12-30)23(34)28-9-3-6-18(28)22(33)26-16(24(35)36)10-13-7-8-20(31)19(11-13)29(37)38/h1-2,4-5,7-8,11,16-18,30-31H,3,6,9-10,12,25H2,(H,26,33)(H,27,32)(H,35,36)/t16-,17-,18+/m1/s1. The van der Waals surface area contributed by atoms with Crippen molar-refractivity contribution < 1.29 is 39.4 Å². The lowest BCUT2D eigenvalue weighted by molar-refractivity contribution is -0.385. The summed E-state index contributed by atoms with van der Waals surface area (Å²) in [6.07, 6.45) is 0.312. The number of phenols is 1. The summed E-state index contributed by atoms with van der Waals surface area (Å²) in [4.78, 5) is 61.9. The Balaban J connectivity index is 1.71. The molecule has 0 radical (unpaired) electrons. The van der Waals surface area contributed by atoms with Gasteiger partial charge in [-0.3, -0.25) is 24.5 Å². The summed E-state index contributed by atoms with van der Waals surface area (Å²) in [5, 5.41) is 44.8. The van der Waals surface area contributed by atoms with Crippen LogP contribution in [-0.2, 0) is 20.8 Å². The lowest BCUT2D eigenvalue weighted by Gasteiger charge is -2.29. The summed E-state index contributed by atoms with van der Waals surface area (Å²) >= 11 is 0. The second kappa shape index (κ2) is 12.0. The molecule has 202 valence electrons. The molecular formula is C24H27N5O9. The topological polar surface area (TPSA) is 225 Å². The molecule has 0 aliphatic carbocycles. The Morgan fingerprint density at radius 2 is 1.84 bits per heavy atom. The Morgan fingerprint density at radius 1 is 1.13 bits per heavy atom. The molecule has 0 unspecified atom stereocenters. The summed E-state index contributed by atoms with van der Waals surface area (Å²) in [7, 11) is 0. The van der Waals surface area contributed by atoms with Crippen LogP contribution in [0.1, 0.15) is 28.8 Å². The minimum atomic E-state index is -1.49. The molecule has 0 saturated carbocycles. The number of aromatic hydroxyl groups is 1. The average Bonchev–Trinajstić information content (AvgIpc) is 3.37. The summed E-state index contributed by atoms with van der Waals surface area (Å²) < 4.78 is 0. The Hall–Kier alpha value is -4.72. The highest BCUT2D eigenvalue weighted by molar-refractivity contribution is 6.02. The predicted molar refractivity (Wildman–Crippen MR) is 132 cm³/mol. The monoisotopic (exact) mass is 529 g/mol. The van der Waals surface area contributed by atoms with Crippen LogP contribution in [-0.4, -0.2) is 80.1 Å². The van der Waals surface area contributed by atoms with Gasteiger partial charge in [-0.1, -0.05) is 18.2 Å². The quantitative estimate of drug-likeness (QED) is 0.135. The van der Waals surface area contributed by atoms with Crippen molar-refractivity contribution in [3.05, 3.63) is 63.7 Å². The highest BCUT2D eigenvalue weighted by Gasteiger charge is 2.39. The Labute approximate surface area is 216 Å². The predicted octanol–water partition coefficient (Wildman–Crippen LogP) is -0.224. The lowest BCUT2D eigenvalue weighted by atomic mass is 10.0. The van der Waals surface area contributed by atoms with Crippen LogP contribution in [0.5, 0.6) is 5.75 Å². The fourth-order valence-electron chi connectivity index (χ4n) is 4.17. The van der Waals surface area contributed by atoms with Crippen molar-refractivity contribution >= 4 is 35.1 Å². The maximum Gasteiger partial charge on any atom is 0.326 e. The number of nitrogens with one attached hydrogen (secondary N) is 2. The van der Waals surface area contributed by atoms with Gasteiger partial charge in [0.05, 0.1) is 17.1 Å². The van der Waals surface area contributed by atoms with Crippen molar-refractivity contribution in [2.24, 2.45) is 0 Å². The van der Waals surface area contributed by atoms with Crippen LogP contribution in [0.3, 0.4) is 0 Å². The maximum atomic E-state index is 13.1. The van der Waals surface area contributed by atoms with Crippen molar-refractivity contribution in [2.75, 3.05) is 18.9 Å². The SMILES string of the molecule is Nc1ccccc1C(=O)N[C@H](CO)C(=O)N1CCC[C@H]1C(=O)N[C@H](Cc1ccc(O)c([N+](=O)[O-])c1)C(=O)O. The van der Waals surface area contributed by atoms with Gasteiger partial charge in [0.25, 0.3) is 5.91 Å². The second-order valence-corrected chi connectivity index (χ2v) is 8.67. The molecule has 1 saturated heterocycles. The third kappa shape index (κ3) is 6.34. The van der Waals surface area contributed by atoms with Gasteiger partial charge in [-0.2, -0.15) is 0 Å². The first-order chi connectivity index (χ1) is 18.0. The fourth-order valence-corrected chi connectivity index (χ4v) is 4.17. The number of nitrogens with two attached hydrogens (primary N) is 1. The van der Waals surface area contributed by atoms with Crippen LogP contribution >= 0.6 is 0 Å². The number of nitro groups is 1. The smallest absolute Gasteiger partial charge is 0.326 e. The van der Waals surface area contributed by atoms with E-state index in [9.17, 15) is 44.6 Å². The molecule has 0 aromatic heterocycles. The average molecular weight is 530 g/mol. The fraction of sp³-hybridized carbons (Fsp3) is 0.333. The van der Waals surface area contributed by atoms with E-state index in [1.165, 1.54) is 18.2 Å². The van der Waals surface area contributed by atoms with Crippen molar-refractivity contribution in [1.82, 2.24) is 15.5 Å². The normalized spacial score (nSPS) is 16.3. The number of nitrogen functional groups attached to an aromatic ring is 1. The number of hydrogen-bond acceptors (Lipinski definition) is 9. The van der Waals surface area contributed by atoms with Crippen LogP contribution in [0.4, 0.5) is 11.4 Å². The minimum Gasteiger partial charge on any atom is -0.502 e. The van der Waals surface area contributed by atoms with E-state index in [2.05, 4.69) is 10.6 Å². The summed E-state index contributed by atoms with van der Waals surface area (Å²) in [5.74, 6) is -4.19. The van der Waals surface area contributed by atoms with Gasteiger partial charge in [-0.05, 0) is 36.6 Å². The molecule has 7 N–H and O–H groups in total. The lowest BCUT2D eigenvalue weighted by Crippen LogP contribution is -2.56. The van der Waals surface area contributed by atoms with Gasteiger partial charge < -0.3 is 36.6 Å². The van der Waals surface area contributed by atoms with E-state index in [1.807, 2.05) is 0 Å². The molecule has 38 heavy (non-hydrogen) atoms. The van der Waals surface area contributed by atoms with Crippen LogP contribution in [0.15, 0.2) is 42.5 Å². The van der Waals surface area contributed by atoms with Gasteiger partial charge in [0.1, 0.15) is 18.1 Å². The van der Waals surface area contributed by atoms with E-state index in [0.29, 0.717) is 6.42 Å². The van der Waals surface area contributed by atoms with Crippen molar-refractivity contribution in [3.8, 4) is 5.75 Å². The van der Waals surface area contributed by atoms with Gasteiger partial charge in [0.15, 0.2) is 5.75 Å². The molecule has 1 aliphatic heterocycles. The van der Waals surface area contributed by atoms with E-state index in [4.69, 9.17) is 5.73 Å². The highest BCUT2D eigenvalue weighted by atomic mass is 16.6. The molecular weight excluding hydrogens is 502 g/mol. The van der Waals surface area contributed by atoms with E-state index in [0.717, 1.165) is 17.0 Å². The molecule has 2 aromatic rings. The summed E-state index contributed by atoms with van der Waals surface area (Å²) in [5.41, 5.74) is 5.64. The number of anilines is 1. The number of nitro benzene ring substituents is 1. The number of likely N-dealkylation sites (tertiary alicyclic amines) is 1. The van der Waals surface area contributed by atoms with E-state index in [1.54, 1.807) is 12.1 Å². The molecule has 14 nitrogen and oxygen atoms in total. The minimum absolute atomic E-state index is 0.105. The highest BCUT2D eigenvalue weighted by Crippen LogP contribution is 2.27. The van der Waals surface area contributed by atoms with Crippen molar-refractivity contribution in [3.63, 3.8) is 0 Å². The number of rotatable bonds is 10. The second-order valence-electron chi connectivity index (χ2n) is 8.67. The van der Waals surface area contributed by atoms with Gasteiger partial charge in [0, 0.05) is 24.7 Å². The molecule has 1 heterocycles. The first kappa shape index (κ1) is 27.9. The van der Waals surface area contributed by atoms with Gasteiger partial charge in [-0.25, -0.2) is 4.79 Å². The third-order valence-corrected chi connectivity index (χ3v) is 6.12. The number of carbonyl (C=O) groups is 4. The number of aliphatic hydroxyl groups is 1. The summed E-state index contributed by atoms with van der Waals surface area (Å²) in [6.45, 7) is -0.613. The van der Waals surface area contributed by atoms with Crippen LogP contribution in [0.25, 0.3) is 0 Å². The molecule has 3 rings (SSSR count).